The third-order valence-corrected chi connectivity index (χ3v) is 4.03. The Balaban J connectivity index is 0.00000450. The van der Waals surface area contributed by atoms with Crippen LogP contribution in [0.5, 0.6) is 5.88 Å². The average Bonchev–Trinajstić information content (AvgIpc) is 3.20. The van der Waals surface area contributed by atoms with Gasteiger partial charge in [-0.05, 0) is 37.8 Å². The van der Waals surface area contributed by atoms with Crippen molar-refractivity contribution in [3.63, 3.8) is 0 Å². The minimum Gasteiger partial charge on any atom is -0.468 e. The van der Waals surface area contributed by atoms with Crippen molar-refractivity contribution in [2.24, 2.45) is 4.99 Å². The monoisotopic (exact) mass is 546 g/mol. The van der Waals surface area contributed by atoms with Gasteiger partial charge in [0.25, 0.3) is 0 Å². The Morgan fingerprint density at radius 2 is 2.20 bits per heavy atom. The van der Waals surface area contributed by atoms with E-state index in [-0.39, 0.29) is 42.5 Å². The van der Waals surface area contributed by atoms with Gasteiger partial charge in [0.05, 0.1) is 19.3 Å². The zero-order valence-corrected chi connectivity index (χ0v) is 19.4. The smallest absolute Gasteiger partial charge is 0.422 e. The molecule has 172 valence electrons. The Hall–Kier alpha value is -1.34. The summed E-state index contributed by atoms with van der Waals surface area (Å²) in [7, 11) is 0. The number of guanidine groups is 1. The topological polar surface area (TPSA) is 77.0 Å². The first-order valence-electron chi connectivity index (χ1n) is 9.82. The summed E-state index contributed by atoms with van der Waals surface area (Å²) in [5.74, 6) is 0.553. The Morgan fingerprint density at radius 3 is 2.90 bits per heavy atom. The largest absolute Gasteiger partial charge is 0.468 e. The van der Waals surface area contributed by atoms with Crippen molar-refractivity contribution in [3.05, 3.63) is 23.9 Å². The molecule has 0 saturated carbocycles. The van der Waals surface area contributed by atoms with Crippen molar-refractivity contribution in [1.82, 2.24) is 15.6 Å². The molecule has 11 heteroatoms. The molecule has 2 N–H and O–H groups in total. The molecule has 0 bridgehead atoms. The minimum absolute atomic E-state index is 0. The second kappa shape index (κ2) is 14.6. The van der Waals surface area contributed by atoms with Crippen LogP contribution in [0.1, 0.15) is 31.7 Å². The fourth-order valence-electron chi connectivity index (χ4n) is 2.67. The Kier molecular flexibility index (Phi) is 13.0. The molecular formula is C19H30F3IN4O3. The molecule has 2 heterocycles. The SMILES string of the molecule is CCNC(=NCc1ccnc(OCC(F)(F)F)c1)NCCCOCC1CCCO1.I. The number of ether oxygens (including phenoxy) is 3. The summed E-state index contributed by atoms with van der Waals surface area (Å²) >= 11 is 0. The van der Waals surface area contributed by atoms with Crippen molar-refractivity contribution in [1.29, 1.82) is 0 Å². The Labute approximate surface area is 192 Å². The molecule has 0 spiro atoms. The molecular weight excluding hydrogens is 516 g/mol. The van der Waals surface area contributed by atoms with Crippen molar-refractivity contribution in [2.45, 2.75) is 45.0 Å². The van der Waals surface area contributed by atoms with E-state index in [0.717, 1.165) is 25.9 Å². The van der Waals surface area contributed by atoms with Crippen LogP contribution in [0.4, 0.5) is 13.2 Å². The average molecular weight is 546 g/mol. The number of nitrogens with zero attached hydrogens (tertiary/aromatic N) is 2. The molecule has 0 radical (unpaired) electrons. The number of hydrogen-bond acceptors (Lipinski definition) is 5. The van der Waals surface area contributed by atoms with Gasteiger partial charge in [0.1, 0.15) is 0 Å². The van der Waals surface area contributed by atoms with E-state index in [4.69, 9.17) is 9.47 Å². The zero-order valence-electron chi connectivity index (χ0n) is 17.0. The van der Waals surface area contributed by atoms with Gasteiger partial charge in [-0.1, -0.05) is 0 Å². The second-order valence-corrected chi connectivity index (χ2v) is 6.59. The number of aromatic nitrogens is 1. The maximum Gasteiger partial charge on any atom is 0.422 e. The second-order valence-electron chi connectivity index (χ2n) is 6.59. The predicted molar refractivity (Wildman–Crippen MR) is 118 cm³/mol. The molecule has 30 heavy (non-hydrogen) atoms. The van der Waals surface area contributed by atoms with E-state index >= 15 is 0 Å². The zero-order chi connectivity index (χ0) is 21.0. The maximum atomic E-state index is 12.2. The predicted octanol–water partition coefficient (Wildman–Crippen LogP) is 3.28. The Morgan fingerprint density at radius 1 is 1.37 bits per heavy atom. The summed E-state index contributed by atoms with van der Waals surface area (Å²) in [6, 6.07) is 3.14. The molecule has 1 aromatic rings. The molecule has 7 nitrogen and oxygen atoms in total. The van der Waals surface area contributed by atoms with Crippen LogP contribution in [0.3, 0.4) is 0 Å². The van der Waals surface area contributed by atoms with Crippen molar-refractivity contribution in [3.8, 4) is 5.88 Å². The first-order chi connectivity index (χ1) is 14.0. The van der Waals surface area contributed by atoms with E-state index in [2.05, 4.69) is 25.3 Å². The lowest BCUT2D eigenvalue weighted by Crippen LogP contribution is -2.38. The van der Waals surface area contributed by atoms with E-state index in [0.29, 0.717) is 37.8 Å². The quantitative estimate of drug-likeness (QED) is 0.192. The van der Waals surface area contributed by atoms with Crippen LogP contribution in [-0.2, 0) is 16.0 Å². The number of alkyl halides is 3. The fourth-order valence-corrected chi connectivity index (χ4v) is 2.67. The summed E-state index contributed by atoms with van der Waals surface area (Å²) in [6.45, 7) is 4.35. The fraction of sp³-hybridized carbons (Fsp3) is 0.684. The van der Waals surface area contributed by atoms with Crippen molar-refractivity contribution >= 4 is 29.9 Å². The number of rotatable bonds is 11. The summed E-state index contributed by atoms with van der Waals surface area (Å²) in [5, 5.41) is 6.34. The first-order valence-corrected chi connectivity index (χ1v) is 9.82. The molecule has 1 saturated heterocycles. The van der Waals surface area contributed by atoms with Crippen LogP contribution in [0.15, 0.2) is 23.3 Å². The highest BCUT2D eigenvalue weighted by Crippen LogP contribution is 2.17. The molecule has 1 atom stereocenters. The van der Waals surface area contributed by atoms with Crippen LogP contribution in [0, 0.1) is 0 Å². The van der Waals surface area contributed by atoms with E-state index in [9.17, 15) is 13.2 Å². The lowest BCUT2D eigenvalue weighted by Gasteiger charge is -2.13. The first kappa shape index (κ1) is 26.7. The highest BCUT2D eigenvalue weighted by atomic mass is 127. The van der Waals surface area contributed by atoms with Gasteiger partial charge in [-0.15, -0.1) is 24.0 Å². The number of pyridine rings is 1. The van der Waals surface area contributed by atoms with Gasteiger partial charge in [0.15, 0.2) is 12.6 Å². The third-order valence-electron chi connectivity index (χ3n) is 4.03. The lowest BCUT2D eigenvalue weighted by molar-refractivity contribution is -0.154. The van der Waals surface area contributed by atoms with Gasteiger partial charge in [0, 0.05) is 38.6 Å². The molecule has 0 amide bonds. The molecule has 1 aliphatic rings. The van der Waals surface area contributed by atoms with Gasteiger partial charge < -0.3 is 24.8 Å². The van der Waals surface area contributed by atoms with Gasteiger partial charge in [-0.3, -0.25) is 0 Å². The van der Waals surface area contributed by atoms with Gasteiger partial charge in [0.2, 0.25) is 5.88 Å². The number of halogens is 4. The number of hydrogen-bond donors (Lipinski definition) is 2. The third kappa shape index (κ3) is 11.7. The standard InChI is InChI=1S/C19H29F3N4O3.HI/c1-2-23-18(25-7-4-9-27-13-16-5-3-10-28-16)26-12-15-6-8-24-17(11-15)29-14-19(20,21)22;/h6,8,11,16H,2-5,7,9-10,12-14H2,1H3,(H2,23,25,26);1H. The van der Waals surface area contributed by atoms with Crippen LogP contribution < -0.4 is 15.4 Å². The molecule has 1 aromatic heterocycles. The van der Waals surface area contributed by atoms with E-state index < -0.39 is 12.8 Å². The van der Waals surface area contributed by atoms with Crippen molar-refractivity contribution < 1.29 is 27.4 Å². The number of nitrogens with one attached hydrogen (secondary N) is 2. The van der Waals surface area contributed by atoms with E-state index in [1.165, 1.54) is 12.3 Å². The van der Waals surface area contributed by atoms with Gasteiger partial charge >= 0.3 is 6.18 Å². The molecule has 2 rings (SSSR count). The van der Waals surface area contributed by atoms with E-state index in [1.807, 2.05) is 6.92 Å². The molecule has 1 fully saturated rings. The normalized spacial score (nSPS) is 16.8. The van der Waals surface area contributed by atoms with Gasteiger partial charge in [-0.2, -0.15) is 13.2 Å². The molecule has 0 aliphatic carbocycles. The van der Waals surface area contributed by atoms with Crippen LogP contribution in [-0.4, -0.2) is 62.7 Å². The summed E-state index contributed by atoms with van der Waals surface area (Å²) in [4.78, 5) is 8.23. The molecule has 1 unspecified atom stereocenters. The molecule has 1 aliphatic heterocycles. The lowest BCUT2D eigenvalue weighted by atomic mass is 10.2. The summed E-state index contributed by atoms with van der Waals surface area (Å²) in [6.07, 6.45) is 0.224. The highest BCUT2D eigenvalue weighted by Gasteiger charge is 2.28. The van der Waals surface area contributed by atoms with Crippen LogP contribution in [0.2, 0.25) is 0 Å². The van der Waals surface area contributed by atoms with Crippen LogP contribution >= 0.6 is 24.0 Å². The van der Waals surface area contributed by atoms with Gasteiger partial charge in [-0.25, -0.2) is 9.98 Å². The van der Waals surface area contributed by atoms with Crippen molar-refractivity contribution in [2.75, 3.05) is 39.5 Å². The Bertz CT molecular complexity index is 629. The summed E-state index contributed by atoms with van der Waals surface area (Å²) in [5.41, 5.74) is 0.703. The maximum absolute atomic E-state index is 12.2. The summed E-state index contributed by atoms with van der Waals surface area (Å²) < 4.78 is 52.5. The minimum atomic E-state index is -4.40. The molecule has 0 aromatic carbocycles. The number of aliphatic imine (C=N–C) groups is 1. The van der Waals surface area contributed by atoms with E-state index in [1.54, 1.807) is 6.07 Å². The van der Waals surface area contributed by atoms with Crippen LogP contribution in [0.25, 0.3) is 0 Å². The highest BCUT2D eigenvalue weighted by molar-refractivity contribution is 14.0.